The van der Waals surface area contributed by atoms with Crippen LogP contribution in [-0.4, -0.2) is 63.3 Å². The predicted octanol–water partition coefficient (Wildman–Crippen LogP) is 2.02. The molecular formula is C18H31FIN5O. The summed E-state index contributed by atoms with van der Waals surface area (Å²) < 4.78 is 19.5. The molecule has 0 saturated carbocycles. The van der Waals surface area contributed by atoms with Gasteiger partial charge in [-0.15, -0.1) is 24.0 Å². The summed E-state index contributed by atoms with van der Waals surface area (Å²) in [4.78, 5) is 8.74. The number of piperazine rings is 1. The van der Waals surface area contributed by atoms with Crippen molar-refractivity contribution in [3.63, 3.8) is 0 Å². The van der Waals surface area contributed by atoms with Gasteiger partial charge in [0.05, 0.1) is 18.8 Å². The average molecular weight is 479 g/mol. The lowest BCUT2D eigenvalue weighted by Gasteiger charge is -2.35. The Kier molecular flexibility index (Phi) is 10.2. The minimum atomic E-state index is -0.197. The van der Waals surface area contributed by atoms with Crippen LogP contribution in [0.25, 0.3) is 0 Å². The van der Waals surface area contributed by atoms with E-state index in [2.05, 4.69) is 27.0 Å². The molecule has 1 aliphatic heterocycles. The van der Waals surface area contributed by atoms with Gasteiger partial charge in [-0.3, -0.25) is 0 Å². The first kappa shape index (κ1) is 22.9. The number of hydrogen-bond acceptors (Lipinski definition) is 4. The Morgan fingerprint density at radius 2 is 2.04 bits per heavy atom. The maximum absolute atomic E-state index is 14.5. The zero-order valence-electron chi connectivity index (χ0n) is 15.9. The molecule has 2 rings (SSSR count). The zero-order valence-corrected chi connectivity index (χ0v) is 18.2. The smallest absolute Gasteiger partial charge is 0.189 e. The number of hydrogen-bond donors (Lipinski definition) is 2. The number of guanidine groups is 1. The van der Waals surface area contributed by atoms with E-state index in [0.29, 0.717) is 24.8 Å². The molecule has 1 heterocycles. The quantitative estimate of drug-likeness (QED) is 0.356. The first-order chi connectivity index (χ1) is 12.0. The normalized spacial score (nSPS) is 16.9. The van der Waals surface area contributed by atoms with Crippen LogP contribution in [0.2, 0.25) is 0 Å². The van der Waals surface area contributed by atoms with Gasteiger partial charge in [0.15, 0.2) is 5.96 Å². The molecule has 1 aromatic rings. The van der Waals surface area contributed by atoms with Crippen molar-refractivity contribution in [3.8, 4) is 0 Å². The van der Waals surface area contributed by atoms with Crippen molar-refractivity contribution in [2.45, 2.75) is 26.4 Å². The van der Waals surface area contributed by atoms with Gasteiger partial charge in [-0.05, 0) is 31.2 Å². The second kappa shape index (κ2) is 11.6. The molecule has 6 nitrogen and oxygen atoms in total. The molecule has 1 atom stereocenters. The first-order valence-electron chi connectivity index (χ1n) is 8.84. The molecule has 1 fully saturated rings. The van der Waals surface area contributed by atoms with Gasteiger partial charge in [-0.2, -0.15) is 0 Å². The minimum Gasteiger partial charge on any atom is -0.383 e. The van der Waals surface area contributed by atoms with Crippen LogP contribution in [0.1, 0.15) is 19.4 Å². The summed E-state index contributed by atoms with van der Waals surface area (Å²) >= 11 is 0. The Hall–Kier alpha value is -1.13. The van der Waals surface area contributed by atoms with E-state index in [0.717, 1.165) is 38.3 Å². The maximum Gasteiger partial charge on any atom is 0.189 e. The Morgan fingerprint density at radius 1 is 1.35 bits per heavy atom. The van der Waals surface area contributed by atoms with Crippen LogP contribution in [0.5, 0.6) is 0 Å². The standard InChI is InChI=1S/C18H30FN5O.HI/c1-4-23-7-9-24(10-8-23)17-6-5-15(11-16(17)19)12-21-18(20)22-14(2)13-25-3;/h5-6,11,14H,4,7-10,12-13H2,1-3H3,(H3,20,21,22);1H. The lowest BCUT2D eigenvalue weighted by molar-refractivity contribution is 0.179. The molecule has 1 unspecified atom stereocenters. The molecule has 0 aromatic heterocycles. The number of ether oxygens (including phenoxy) is 1. The molecule has 26 heavy (non-hydrogen) atoms. The number of methoxy groups -OCH3 is 1. The van der Waals surface area contributed by atoms with Crippen LogP contribution >= 0.6 is 24.0 Å². The van der Waals surface area contributed by atoms with Crippen LogP contribution < -0.4 is 16.0 Å². The van der Waals surface area contributed by atoms with Crippen LogP contribution in [0.3, 0.4) is 0 Å². The topological polar surface area (TPSA) is 66.1 Å². The van der Waals surface area contributed by atoms with Crippen molar-refractivity contribution in [1.29, 1.82) is 0 Å². The fourth-order valence-corrected chi connectivity index (χ4v) is 2.98. The molecule has 0 amide bonds. The highest BCUT2D eigenvalue weighted by molar-refractivity contribution is 14.0. The molecular weight excluding hydrogens is 448 g/mol. The molecule has 1 saturated heterocycles. The summed E-state index contributed by atoms with van der Waals surface area (Å²) in [5, 5.41) is 3.03. The molecule has 1 aromatic carbocycles. The van der Waals surface area contributed by atoms with Crippen molar-refractivity contribution >= 4 is 35.6 Å². The molecule has 0 aliphatic carbocycles. The van der Waals surface area contributed by atoms with Gasteiger partial charge in [0, 0.05) is 39.3 Å². The molecule has 1 aliphatic rings. The lowest BCUT2D eigenvalue weighted by atomic mass is 10.1. The lowest BCUT2D eigenvalue weighted by Crippen LogP contribution is -2.46. The Balaban J connectivity index is 0.00000338. The molecule has 0 spiro atoms. The van der Waals surface area contributed by atoms with Crippen LogP contribution in [0.4, 0.5) is 10.1 Å². The Morgan fingerprint density at radius 3 is 2.62 bits per heavy atom. The number of benzene rings is 1. The summed E-state index contributed by atoms with van der Waals surface area (Å²) in [7, 11) is 1.64. The number of aliphatic imine (C=N–C) groups is 1. The van der Waals surface area contributed by atoms with Crippen LogP contribution in [0.15, 0.2) is 23.2 Å². The number of nitrogens with two attached hydrogens (primary N) is 1. The summed E-state index contributed by atoms with van der Waals surface area (Å²) in [5.41, 5.74) is 7.31. The molecule has 0 bridgehead atoms. The van der Waals surface area contributed by atoms with Gasteiger partial charge < -0.3 is 25.6 Å². The summed E-state index contributed by atoms with van der Waals surface area (Å²) in [6.45, 7) is 9.72. The second-order valence-corrected chi connectivity index (χ2v) is 6.41. The summed E-state index contributed by atoms with van der Waals surface area (Å²) in [5.74, 6) is 0.140. The minimum absolute atomic E-state index is 0. The molecule has 8 heteroatoms. The van der Waals surface area contributed by atoms with E-state index in [-0.39, 0.29) is 35.8 Å². The third-order valence-corrected chi connectivity index (χ3v) is 4.42. The number of halogens is 2. The van der Waals surface area contributed by atoms with Gasteiger partial charge >= 0.3 is 0 Å². The summed E-state index contributed by atoms with van der Waals surface area (Å²) in [6, 6.07) is 5.39. The monoisotopic (exact) mass is 479 g/mol. The summed E-state index contributed by atoms with van der Waals surface area (Å²) in [6.07, 6.45) is 0. The van der Waals surface area contributed by atoms with E-state index in [1.54, 1.807) is 13.2 Å². The van der Waals surface area contributed by atoms with Crippen molar-refractivity contribution in [2.24, 2.45) is 10.7 Å². The first-order valence-corrected chi connectivity index (χ1v) is 8.84. The van der Waals surface area contributed by atoms with Gasteiger partial charge in [0.2, 0.25) is 0 Å². The van der Waals surface area contributed by atoms with E-state index in [4.69, 9.17) is 10.5 Å². The van der Waals surface area contributed by atoms with Crippen molar-refractivity contribution in [1.82, 2.24) is 10.2 Å². The highest BCUT2D eigenvalue weighted by atomic mass is 127. The van der Waals surface area contributed by atoms with Crippen molar-refractivity contribution < 1.29 is 9.13 Å². The predicted molar refractivity (Wildman–Crippen MR) is 116 cm³/mol. The van der Waals surface area contributed by atoms with Gasteiger partial charge in [-0.1, -0.05) is 13.0 Å². The molecule has 3 N–H and O–H groups in total. The third-order valence-electron chi connectivity index (χ3n) is 4.42. The fraction of sp³-hybridized carbons (Fsp3) is 0.611. The highest BCUT2D eigenvalue weighted by Gasteiger charge is 2.18. The van der Waals surface area contributed by atoms with Gasteiger partial charge in [-0.25, -0.2) is 9.38 Å². The number of likely N-dealkylation sites (N-methyl/N-ethyl adjacent to an activating group) is 1. The van der Waals surface area contributed by atoms with Crippen LogP contribution in [0, 0.1) is 5.82 Å². The van der Waals surface area contributed by atoms with Gasteiger partial charge in [0.25, 0.3) is 0 Å². The number of nitrogens with zero attached hydrogens (tertiary/aromatic N) is 3. The second-order valence-electron chi connectivity index (χ2n) is 6.41. The highest BCUT2D eigenvalue weighted by Crippen LogP contribution is 2.22. The number of rotatable bonds is 7. The Bertz CT molecular complexity index is 579. The fourth-order valence-electron chi connectivity index (χ4n) is 2.98. The molecule has 148 valence electrons. The van der Waals surface area contributed by atoms with Crippen LogP contribution in [-0.2, 0) is 11.3 Å². The third kappa shape index (κ3) is 6.88. The zero-order chi connectivity index (χ0) is 18.2. The largest absolute Gasteiger partial charge is 0.383 e. The van der Waals surface area contributed by atoms with Crippen molar-refractivity contribution in [2.75, 3.05) is 51.3 Å². The average Bonchev–Trinajstić information content (AvgIpc) is 2.60. The molecule has 0 radical (unpaired) electrons. The van der Waals surface area contributed by atoms with E-state index >= 15 is 0 Å². The van der Waals surface area contributed by atoms with E-state index < -0.39 is 0 Å². The van der Waals surface area contributed by atoms with E-state index in [1.807, 2.05) is 19.1 Å². The van der Waals surface area contributed by atoms with E-state index in [1.165, 1.54) is 0 Å². The van der Waals surface area contributed by atoms with Crippen molar-refractivity contribution in [3.05, 3.63) is 29.6 Å². The Labute approximate surface area is 173 Å². The van der Waals surface area contributed by atoms with E-state index in [9.17, 15) is 4.39 Å². The number of anilines is 1. The maximum atomic E-state index is 14.5. The van der Waals surface area contributed by atoms with Gasteiger partial charge in [0.1, 0.15) is 5.82 Å². The SMILES string of the molecule is CCN1CCN(c2ccc(CN=C(N)NC(C)COC)cc2F)CC1.I. The number of nitrogens with one attached hydrogen (secondary N) is 1.